The van der Waals surface area contributed by atoms with Crippen molar-refractivity contribution in [2.45, 2.75) is 27.2 Å². The lowest BCUT2D eigenvalue weighted by molar-refractivity contribution is -0.147. The number of carbonyl (C=O) groups is 2. The minimum absolute atomic E-state index is 0.214. The number of amides is 1. The molecular formula is C17H21N3O3. The summed E-state index contributed by atoms with van der Waals surface area (Å²) in [6, 6.07) is 7.10. The lowest BCUT2D eigenvalue weighted by atomic mass is 9.90. The molecule has 2 aromatic rings. The van der Waals surface area contributed by atoms with E-state index in [4.69, 9.17) is 5.11 Å². The second-order valence-electron chi connectivity index (χ2n) is 6.20. The molecule has 0 aliphatic heterocycles. The van der Waals surface area contributed by atoms with E-state index in [-0.39, 0.29) is 5.91 Å². The van der Waals surface area contributed by atoms with Crippen LogP contribution in [0.4, 0.5) is 0 Å². The number of aryl methyl sites for hydroxylation is 1. The van der Waals surface area contributed by atoms with Crippen LogP contribution in [0.2, 0.25) is 0 Å². The van der Waals surface area contributed by atoms with Gasteiger partial charge in [0.25, 0.3) is 5.91 Å². The molecule has 2 rings (SSSR count). The summed E-state index contributed by atoms with van der Waals surface area (Å²) in [5, 5.41) is 16.0. The number of carbonyl (C=O) groups excluding carboxylic acids is 1. The molecule has 0 aliphatic rings. The Labute approximate surface area is 135 Å². The summed E-state index contributed by atoms with van der Waals surface area (Å²) in [7, 11) is 0. The second-order valence-corrected chi connectivity index (χ2v) is 6.20. The molecule has 0 spiro atoms. The van der Waals surface area contributed by atoms with Gasteiger partial charge in [-0.2, -0.15) is 5.10 Å². The summed E-state index contributed by atoms with van der Waals surface area (Å²) >= 11 is 0. The Morgan fingerprint density at radius 2 is 1.91 bits per heavy atom. The lowest BCUT2D eigenvalue weighted by Crippen LogP contribution is -2.31. The van der Waals surface area contributed by atoms with Crippen LogP contribution in [-0.2, 0) is 4.79 Å². The molecule has 6 heteroatoms. The molecular weight excluding hydrogens is 294 g/mol. The molecule has 0 atom stereocenters. The Morgan fingerprint density at radius 3 is 2.43 bits per heavy atom. The fourth-order valence-electron chi connectivity index (χ4n) is 2.02. The van der Waals surface area contributed by atoms with Crippen molar-refractivity contribution in [3.05, 3.63) is 47.8 Å². The number of rotatable bonds is 6. The molecule has 0 unspecified atom stereocenters. The van der Waals surface area contributed by atoms with Gasteiger partial charge in [0, 0.05) is 18.3 Å². The standard InChI is InChI=1S/C17H21N3O3/c1-12-10-19-20(11-12)14-6-4-13(5-7-14)15(21)18-9-8-17(2,3)16(22)23/h4-7,10-11H,8-9H2,1-3H3,(H,18,21)(H,22,23). The first kappa shape index (κ1) is 16.7. The van der Waals surface area contributed by atoms with E-state index in [2.05, 4.69) is 10.4 Å². The van der Waals surface area contributed by atoms with Crippen LogP contribution in [-0.4, -0.2) is 33.3 Å². The van der Waals surface area contributed by atoms with Crippen LogP contribution in [0.1, 0.15) is 36.2 Å². The highest BCUT2D eigenvalue weighted by atomic mass is 16.4. The summed E-state index contributed by atoms with van der Waals surface area (Å²) in [6.07, 6.45) is 4.05. The van der Waals surface area contributed by atoms with Crippen LogP contribution in [0.15, 0.2) is 36.7 Å². The summed E-state index contributed by atoms with van der Waals surface area (Å²) in [5.74, 6) is -1.08. The second kappa shape index (κ2) is 6.64. The Bertz CT molecular complexity index is 702. The topological polar surface area (TPSA) is 84.2 Å². The lowest BCUT2D eigenvalue weighted by Gasteiger charge is -2.18. The van der Waals surface area contributed by atoms with Gasteiger partial charge in [-0.1, -0.05) is 0 Å². The van der Waals surface area contributed by atoms with Gasteiger partial charge in [0.2, 0.25) is 0 Å². The Hall–Kier alpha value is -2.63. The highest BCUT2D eigenvalue weighted by Gasteiger charge is 2.26. The number of aromatic nitrogens is 2. The average Bonchev–Trinajstić information content (AvgIpc) is 2.93. The summed E-state index contributed by atoms with van der Waals surface area (Å²) in [6.45, 7) is 5.56. The van der Waals surface area contributed by atoms with Crippen LogP contribution >= 0.6 is 0 Å². The molecule has 0 saturated carbocycles. The number of carboxylic acid groups (broad SMARTS) is 1. The monoisotopic (exact) mass is 315 g/mol. The fraction of sp³-hybridized carbons (Fsp3) is 0.353. The largest absolute Gasteiger partial charge is 0.481 e. The van der Waals surface area contributed by atoms with E-state index in [1.165, 1.54) is 0 Å². The number of carboxylic acids is 1. The third kappa shape index (κ3) is 4.18. The number of hydrogen-bond donors (Lipinski definition) is 2. The molecule has 6 nitrogen and oxygen atoms in total. The summed E-state index contributed by atoms with van der Waals surface area (Å²) in [5.41, 5.74) is 1.62. The zero-order valence-corrected chi connectivity index (χ0v) is 13.5. The fourth-order valence-corrected chi connectivity index (χ4v) is 2.02. The minimum Gasteiger partial charge on any atom is -0.481 e. The van der Waals surface area contributed by atoms with Gasteiger partial charge in [-0.3, -0.25) is 9.59 Å². The van der Waals surface area contributed by atoms with Gasteiger partial charge in [-0.25, -0.2) is 4.68 Å². The van der Waals surface area contributed by atoms with E-state index in [0.717, 1.165) is 11.3 Å². The van der Waals surface area contributed by atoms with Crippen molar-refractivity contribution in [2.24, 2.45) is 5.41 Å². The average molecular weight is 315 g/mol. The normalized spacial score (nSPS) is 11.3. The maximum atomic E-state index is 12.1. The first-order chi connectivity index (χ1) is 10.8. The van der Waals surface area contributed by atoms with Crippen molar-refractivity contribution >= 4 is 11.9 Å². The third-order valence-electron chi connectivity index (χ3n) is 3.72. The molecule has 0 fully saturated rings. The van der Waals surface area contributed by atoms with Gasteiger partial charge in [-0.15, -0.1) is 0 Å². The first-order valence-electron chi connectivity index (χ1n) is 7.43. The van der Waals surface area contributed by atoms with Crippen LogP contribution in [0.5, 0.6) is 0 Å². The Balaban J connectivity index is 1.94. The van der Waals surface area contributed by atoms with Crippen LogP contribution in [0, 0.1) is 12.3 Å². The van der Waals surface area contributed by atoms with Crippen LogP contribution in [0.25, 0.3) is 5.69 Å². The van der Waals surface area contributed by atoms with E-state index in [1.54, 1.807) is 36.9 Å². The van der Waals surface area contributed by atoms with Crippen molar-refractivity contribution < 1.29 is 14.7 Å². The molecule has 2 N–H and O–H groups in total. The smallest absolute Gasteiger partial charge is 0.309 e. The number of aliphatic carboxylic acids is 1. The van der Waals surface area contributed by atoms with Crippen molar-refractivity contribution in [2.75, 3.05) is 6.54 Å². The molecule has 0 radical (unpaired) electrons. The molecule has 23 heavy (non-hydrogen) atoms. The number of nitrogens with one attached hydrogen (secondary N) is 1. The zero-order chi connectivity index (χ0) is 17.0. The first-order valence-corrected chi connectivity index (χ1v) is 7.43. The van der Waals surface area contributed by atoms with E-state index in [9.17, 15) is 9.59 Å². The highest BCUT2D eigenvalue weighted by Crippen LogP contribution is 2.19. The van der Waals surface area contributed by atoms with E-state index >= 15 is 0 Å². The SMILES string of the molecule is Cc1cnn(-c2ccc(C(=O)NCCC(C)(C)C(=O)O)cc2)c1. The van der Waals surface area contributed by atoms with Crippen LogP contribution in [0.3, 0.4) is 0 Å². The molecule has 1 aromatic carbocycles. The predicted octanol–water partition coefficient (Wildman–Crippen LogP) is 2.41. The van der Waals surface area contributed by atoms with Crippen molar-refractivity contribution in [1.82, 2.24) is 15.1 Å². The van der Waals surface area contributed by atoms with Crippen molar-refractivity contribution in [3.63, 3.8) is 0 Å². The number of hydrogen-bond acceptors (Lipinski definition) is 3. The molecule has 0 bridgehead atoms. The number of benzene rings is 1. The maximum Gasteiger partial charge on any atom is 0.309 e. The van der Waals surface area contributed by atoms with E-state index < -0.39 is 11.4 Å². The maximum absolute atomic E-state index is 12.1. The van der Waals surface area contributed by atoms with E-state index in [1.807, 2.05) is 25.3 Å². The van der Waals surface area contributed by atoms with E-state index in [0.29, 0.717) is 18.5 Å². The van der Waals surface area contributed by atoms with Gasteiger partial charge < -0.3 is 10.4 Å². The summed E-state index contributed by atoms with van der Waals surface area (Å²) in [4.78, 5) is 23.1. The molecule has 1 amide bonds. The molecule has 1 heterocycles. The van der Waals surface area contributed by atoms with Crippen molar-refractivity contribution in [1.29, 1.82) is 0 Å². The zero-order valence-electron chi connectivity index (χ0n) is 13.5. The van der Waals surface area contributed by atoms with Gasteiger partial charge in [0.1, 0.15) is 0 Å². The molecule has 0 aliphatic carbocycles. The van der Waals surface area contributed by atoms with Crippen LogP contribution < -0.4 is 5.32 Å². The van der Waals surface area contributed by atoms with Gasteiger partial charge in [0.15, 0.2) is 0 Å². The minimum atomic E-state index is -0.870. The van der Waals surface area contributed by atoms with Gasteiger partial charge in [0.05, 0.1) is 17.3 Å². The quantitative estimate of drug-likeness (QED) is 0.857. The summed E-state index contributed by atoms with van der Waals surface area (Å²) < 4.78 is 1.74. The van der Waals surface area contributed by atoms with Gasteiger partial charge >= 0.3 is 5.97 Å². The third-order valence-corrected chi connectivity index (χ3v) is 3.72. The van der Waals surface area contributed by atoms with Crippen molar-refractivity contribution in [3.8, 4) is 5.69 Å². The molecule has 122 valence electrons. The van der Waals surface area contributed by atoms with Gasteiger partial charge in [-0.05, 0) is 57.0 Å². The molecule has 0 saturated heterocycles. The Morgan fingerprint density at radius 1 is 1.26 bits per heavy atom. The predicted molar refractivity (Wildman–Crippen MR) is 86.7 cm³/mol. The number of nitrogens with zero attached hydrogens (tertiary/aromatic N) is 2. The molecule has 1 aromatic heterocycles. The Kier molecular flexibility index (Phi) is 4.83. The highest BCUT2D eigenvalue weighted by molar-refractivity contribution is 5.94.